The van der Waals surface area contributed by atoms with Crippen LogP contribution in [0.15, 0.2) is 0 Å². The molecule has 1 saturated heterocycles. The highest BCUT2D eigenvalue weighted by molar-refractivity contribution is 4.85. The maximum atomic E-state index is 9.23. The third kappa shape index (κ3) is 1.52. The number of aliphatic hydroxyl groups excluding tert-OH is 3. The van der Waals surface area contributed by atoms with Crippen molar-refractivity contribution < 1.29 is 25.8 Å². The van der Waals surface area contributed by atoms with E-state index in [2.05, 4.69) is 5.73 Å². The van der Waals surface area contributed by atoms with Gasteiger partial charge in [-0.2, -0.15) is 0 Å². The molecule has 0 bridgehead atoms. The third-order valence-corrected chi connectivity index (χ3v) is 1.99. The molecule has 66 valence electrons. The van der Waals surface area contributed by atoms with E-state index in [0.29, 0.717) is 0 Å². The standard InChI is InChI=1S/C6H13NO4/c1-2-4(8)5(9)3(7)6(10)11-2/h2-6,8-10H,7H2,1H3/p+1/t2-,3+,4-,5-,6+/m0/s1. The SMILES string of the molecule is C[C@@H]1O[C@@H](O)[C@H]([NH3+])[C@H](O)[C@H]1O. The molecule has 0 aromatic carbocycles. The molecule has 5 atom stereocenters. The molecule has 0 unspecified atom stereocenters. The number of hydrogen-bond acceptors (Lipinski definition) is 4. The van der Waals surface area contributed by atoms with Gasteiger partial charge in [-0.15, -0.1) is 0 Å². The molecule has 0 radical (unpaired) electrons. The molecule has 0 saturated carbocycles. The summed E-state index contributed by atoms with van der Waals surface area (Å²) >= 11 is 0. The van der Waals surface area contributed by atoms with Crippen LogP contribution in [0.3, 0.4) is 0 Å². The second-order valence-electron chi connectivity index (χ2n) is 2.88. The zero-order valence-electron chi connectivity index (χ0n) is 6.34. The van der Waals surface area contributed by atoms with Gasteiger partial charge in [0.25, 0.3) is 0 Å². The van der Waals surface area contributed by atoms with Crippen molar-refractivity contribution >= 4 is 0 Å². The third-order valence-electron chi connectivity index (χ3n) is 1.99. The Labute approximate surface area is 64.4 Å². The van der Waals surface area contributed by atoms with Crippen LogP contribution in [0.2, 0.25) is 0 Å². The molecule has 1 aliphatic rings. The van der Waals surface area contributed by atoms with Gasteiger partial charge in [0.1, 0.15) is 12.2 Å². The smallest absolute Gasteiger partial charge is 0.211 e. The van der Waals surface area contributed by atoms with Crippen LogP contribution < -0.4 is 5.73 Å². The first-order valence-corrected chi connectivity index (χ1v) is 3.56. The number of aliphatic hydroxyl groups is 3. The molecule has 0 spiro atoms. The molecule has 0 amide bonds. The Kier molecular flexibility index (Phi) is 2.46. The second kappa shape index (κ2) is 3.04. The maximum Gasteiger partial charge on any atom is 0.211 e. The second-order valence-corrected chi connectivity index (χ2v) is 2.88. The largest absolute Gasteiger partial charge is 0.387 e. The Balaban J connectivity index is 2.63. The quantitative estimate of drug-likeness (QED) is 0.308. The average molecular weight is 164 g/mol. The van der Waals surface area contributed by atoms with Crippen molar-refractivity contribution in [1.82, 2.24) is 0 Å². The summed E-state index contributed by atoms with van der Waals surface area (Å²) in [5, 5.41) is 27.5. The van der Waals surface area contributed by atoms with Crippen molar-refractivity contribution in [2.75, 3.05) is 0 Å². The first-order chi connectivity index (χ1) is 5.04. The molecule has 6 N–H and O–H groups in total. The summed E-state index contributed by atoms with van der Waals surface area (Å²) < 4.78 is 4.86. The molecule has 11 heavy (non-hydrogen) atoms. The molecule has 0 aliphatic carbocycles. The lowest BCUT2D eigenvalue weighted by molar-refractivity contribution is -0.496. The Morgan fingerprint density at radius 2 is 1.73 bits per heavy atom. The van der Waals surface area contributed by atoms with E-state index in [1.807, 2.05) is 0 Å². The Morgan fingerprint density at radius 3 is 2.27 bits per heavy atom. The van der Waals surface area contributed by atoms with Gasteiger partial charge in [-0.3, -0.25) is 0 Å². The summed E-state index contributed by atoms with van der Waals surface area (Å²) in [4.78, 5) is 0. The summed E-state index contributed by atoms with van der Waals surface area (Å²) in [6.07, 6.45) is -3.59. The van der Waals surface area contributed by atoms with Crippen molar-refractivity contribution in [2.45, 2.75) is 37.6 Å². The van der Waals surface area contributed by atoms with Gasteiger partial charge < -0.3 is 25.8 Å². The van der Waals surface area contributed by atoms with Crippen molar-refractivity contribution in [3.05, 3.63) is 0 Å². The van der Waals surface area contributed by atoms with E-state index < -0.39 is 30.6 Å². The van der Waals surface area contributed by atoms with Crippen LogP contribution in [0, 0.1) is 0 Å². The predicted molar refractivity (Wildman–Crippen MR) is 35.2 cm³/mol. The highest BCUT2D eigenvalue weighted by Gasteiger charge is 2.42. The van der Waals surface area contributed by atoms with Crippen LogP contribution in [-0.2, 0) is 4.74 Å². The summed E-state index contributed by atoms with van der Waals surface area (Å²) in [6, 6.07) is -0.679. The molecule has 0 aromatic heterocycles. The molecule has 1 fully saturated rings. The normalized spacial score (nSPS) is 52.6. The van der Waals surface area contributed by atoms with E-state index in [1.54, 1.807) is 6.92 Å². The number of quaternary nitrogens is 1. The fraction of sp³-hybridized carbons (Fsp3) is 1.00. The van der Waals surface area contributed by atoms with Crippen LogP contribution in [0.25, 0.3) is 0 Å². The monoisotopic (exact) mass is 164 g/mol. The van der Waals surface area contributed by atoms with E-state index >= 15 is 0 Å². The van der Waals surface area contributed by atoms with Gasteiger partial charge in [0.15, 0.2) is 6.04 Å². The summed E-state index contributed by atoms with van der Waals surface area (Å²) in [5.41, 5.74) is 3.46. The summed E-state index contributed by atoms with van der Waals surface area (Å²) in [6.45, 7) is 1.59. The average Bonchev–Trinajstić information content (AvgIpc) is 1.97. The van der Waals surface area contributed by atoms with Gasteiger partial charge in [0, 0.05) is 0 Å². The van der Waals surface area contributed by atoms with E-state index in [0.717, 1.165) is 0 Å². The van der Waals surface area contributed by atoms with Crippen molar-refractivity contribution in [3.8, 4) is 0 Å². The zero-order valence-corrected chi connectivity index (χ0v) is 6.34. The molecular weight excluding hydrogens is 150 g/mol. The van der Waals surface area contributed by atoms with Crippen LogP contribution in [0.4, 0.5) is 0 Å². The summed E-state index contributed by atoms with van der Waals surface area (Å²) in [5.74, 6) is 0. The minimum Gasteiger partial charge on any atom is -0.387 e. The predicted octanol–water partition coefficient (Wildman–Crippen LogP) is -2.94. The van der Waals surface area contributed by atoms with E-state index in [-0.39, 0.29) is 0 Å². The topological polar surface area (TPSA) is 97.6 Å². The Hall–Kier alpha value is -0.200. The van der Waals surface area contributed by atoms with Gasteiger partial charge >= 0.3 is 0 Å². The first kappa shape index (κ1) is 8.89. The van der Waals surface area contributed by atoms with E-state index in [4.69, 9.17) is 9.84 Å². The molecule has 5 nitrogen and oxygen atoms in total. The van der Waals surface area contributed by atoms with Gasteiger partial charge in [-0.05, 0) is 6.92 Å². The number of rotatable bonds is 0. The maximum absolute atomic E-state index is 9.23. The van der Waals surface area contributed by atoms with Gasteiger partial charge in [0.05, 0.1) is 6.10 Å². The van der Waals surface area contributed by atoms with E-state index in [9.17, 15) is 10.2 Å². The zero-order chi connectivity index (χ0) is 8.59. The molecule has 5 heteroatoms. The first-order valence-electron chi connectivity index (χ1n) is 3.56. The highest BCUT2D eigenvalue weighted by Crippen LogP contribution is 2.16. The summed E-state index contributed by atoms with van der Waals surface area (Å²) in [7, 11) is 0. The molecular formula is C6H14NO4+. The highest BCUT2D eigenvalue weighted by atomic mass is 16.6. The van der Waals surface area contributed by atoms with Gasteiger partial charge in [-0.25, -0.2) is 0 Å². The van der Waals surface area contributed by atoms with Crippen molar-refractivity contribution in [2.24, 2.45) is 0 Å². The molecule has 0 aromatic rings. The molecule has 1 aliphatic heterocycles. The lowest BCUT2D eigenvalue weighted by Gasteiger charge is -2.35. The lowest BCUT2D eigenvalue weighted by Crippen LogP contribution is -2.77. The fourth-order valence-corrected chi connectivity index (χ4v) is 1.10. The number of ether oxygens (including phenoxy) is 1. The fourth-order valence-electron chi connectivity index (χ4n) is 1.10. The van der Waals surface area contributed by atoms with Gasteiger partial charge in [-0.1, -0.05) is 0 Å². The van der Waals surface area contributed by atoms with Crippen molar-refractivity contribution in [1.29, 1.82) is 0 Å². The van der Waals surface area contributed by atoms with Crippen LogP contribution >= 0.6 is 0 Å². The van der Waals surface area contributed by atoms with Gasteiger partial charge in [0.2, 0.25) is 6.29 Å². The minimum absolute atomic E-state index is 0.544. The van der Waals surface area contributed by atoms with E-state index in [1.165, 1.54) is 0 Å². The Bertz CT molecular complexity index is 129. The van der Waals surface area contributed by atoms with Crippen LogP contribution in [-0.4, -0.2) is 46.0 Å². The van der Waals surface area contributed by atoms with Crippen LogP contribution in [0.5, 0.6) is 0 Å². The number of hydrogen-bond donors (Lipinski definition) is 4. The Morgan fingerprint density at radius 1 is 1.18 bits per heavy atom. The van der Waals surface area contributed by atoms with Crippen molar-refractivity contribution in [3.63, 3.8) is 0 Å². The molecule has 1 rings (SSSR count). The molecule has 1 heterocycles. The minimum atomic E-state index is -1.08. The van der Waals surface area contributed by atoms with Crippen LogP contribution in [0.1, 0.15) is 6.92 Å². The lowest BCUT2D eigenvalue weighted by atomic mass is 9.99.